The third kappa shape index (κ3) is 4.05. The minimum Gasteiger partial charge on any atom is -0.461 e. The Hall–Kier alpha value is -2.45. The first-order valence-electron chi connectivity index (χ1n) is 6.70. The van der Waals surface area contributed by atoms with Crippen LogP contribution >= 0.6 is 12.4 Å². The van der Waals surface area contributed by atoms with Gasteiger partial charge in [0.15, 0.2) is 0 Å². The third-order valence-electron chi connectivity index (χ3n) is 2.92. The summed E-state index contributed by atoms with van der Waals surface area (Å²) in [6, 6.07) is 3.96. The Balaban J connectivity index is 0.00000264. The summed E-state index contributed by atoms with van der Waals surface area (Å²) in [5.41, 5.74) is 5.42. The predicted octanol–water partition coefficient (Wildman–Crippen LogP) is 0.807. The Morgan fingerprint density at radius 1 is 1.43 bits per heavy atom. The van der Waals surface area contributed by atoms with Crippen molar-refractivity contribution in [3.8, 4) is 0 Å². The minimum absolute atomic E-state index is 0. The zero-order chi connectivity index (χ0) is 16.3. The summed E-state index contributed by atoms with van der Waals surface area (Å²) in [6.45, 7) is 3.32. The van der Waals surface area contributed by atoms with Crippen molar-refractivity contribution >= 4 is 40.9 Å². The lowest BCUT2D eigenvalue weighted by molar-refractivity contribution is -0.117. The second-order valence-electron chi connectivity index (χ2n) is 4.66. The lowest BCUT2D eigenvalue weighted by atomic mass is 10.1. The number of benzene rings is 1. The number of halogens is 1. The van der Waals surface area contributed by atoms with Crippen molar-refractivity contribution < 1.29 is 14.3 Å². The van der Waals surface area contributed by atoms with Crippen molar-refractivity contribution in [2.75, 3.05) is 11.9 Å². The van der Waals surface area contributed by atoms with Gasteiger partial charge in [0.2, 0.25) is 17.0 Å². The highest BCUT2D eigenvalue weighted by atomic mass is 35.5. The van der Waals surface area contributed by atoms with E-state index < -0.39 is 17.4 Å². The molecule has 0 aliphatic heterocycles. The number of anilines is 1. The number of nitrogens with two attached hydrogens (primary N) is 1. The first-order valence-corrected chi connectivity index (χ1v) is 6.70. The first-order chi connectivity index (χ1) is 10.4. The molecule has 0 bridgehead atoms. The Kier molecular flexibility index (Phi) is 6.23. The van der Waals surface area contributed by atoms with Crippen LogP contribution in [-0.2, 0) is 9.53 Å². The molecular formula is C14H17ClN4O4. The molecule has 1 heterocycles. The van der Waals surface area contributed by atoms with Crippen molar-refractivity contribution in [1.29, 1.82) is 0 Å². The van der Waals surface area contributed by atoms with Gasteiger partial charge in [0.25, 0.3) is 0 Å². The van der Waals surface area contributed by atoms with Gasteiger partial charge in [-0.15, -0.1) is 12.4 Å². The van der Waals surface area contributed by atoms with Gasteiger partial charge in [0.05, 0.1) is 23.6 Å². The maximum absolute atomic E-state index is 12.3. The monoisotopic (exact) mass is 340 g/mol. The summed E-state index contributed by atoms with van der Waals surface area (Å²) in [7, 11) is 0. The Labute approximate surface area is 137 Å². The van der Waals surface area contributed by atoms with Crippen molar-refractivity contribution in [1.82, 2.24) is 10.2 Å². The van der Waals surface area contributed by atoms with Crippen LogP contribution in [0.4, 0.5) is 5.69 Å². The molecule has 0 saturated carbocycles. The van der Waals surface area contributed by atoms with E-state index in [9.17, 15) is 14.4 Å². The SMILES string of the molecule is CCOC(=O)c1n[nH]c2ccc(NC(=O)[C@@H](C)N)cc2c1=O.Cl. The quantitative estimate of drug-likeness (QED) is 0.707. The number of fused-ring (bicyclic) bond motifs is 1. The maximum atomic E-state index is 12.3. The zero-order valence-electron chi connectivity index (χ0n) is 12.6. The van der Waals surface area contributed by atoms with E-state index in [-0.39, 0.29) is 36.0 Å². The third-order valence-corrected chi connectivity index (χ3v) is 2.92. The molecule has 1 aromatic carbocycles. The van der Waals surface area contributed by atoms with Crippen molar-refractivity contribution in [2.24, 2.45) is 5.73 Å². The molecule has 0 radical (unpaired) electrons. The Morgan fingerprint density at radius 3 is 2.74 bits per heavy atom. The van der Waals surface area contributed by atoms with E-state index in [2.05, 4.69) is 15.5 Å². The molecule has 8 nitrogen and oxygen atoms in total. The number of H-pyrrole nitrogens is 1. The molecule has 4 N–H and O–H groups in total. The van der Waals surface area contributed by atoms with E-state index in [1.165, 1.54) is 6.07 Å². The average Bonchev–Trinajstić information content (AvgIpc) is 2.48. The number of aromatic amines is 1. The van der Waals surface area contributed by atoms with Crippen LogP contribution in [0.15, 0.2) is 23.0 Å². The molecule has 0 aliphatic rings. The fourth-order valence-electron chi connectivity index (χ4n) is 1.80. The number of ether oxygens (including phenoxy) is 1. The summed E-state index contributed by atoms with van der Waals surface area (Å²) in [5, 5.41) is 9.14. The highest BCUT2D eigenvalue weighted by molar-refractivity contribution is 5.97. The number of nitrogens with one attached hydrogen (secondary N) is 2. The van der Waals surface area contributed by atoms with Crippen LogP contribution in [0.2, 0.25) is 0 Å². The lowest BCUT2D eigenvalue weighted by Gasteiger charge is -2.08. The van der Waals surface area contributed by atoms with Crippen LogP contribution in [0, 0.1) is 0 Å². The summed E-state index contributed by atoms with van der Waals surface area (Å²) in [5.74, 6) is -1.17. The standard InChI is InChI=1S/C14H16N4O4.ClH/c1-3-22-14(21)11-12(19)9-6-8(16-13(20)7(2)15)4-5-10(9)17-18-11;/h4-7H,3,15H2,1-2H3,(H,16,20)(H,17,19);1H/t7-;/m1./s1. The number of aromatic nitrogens is 2. The van der Waals surface area contributed by atoms with Crippen LogP contribution in [0.1, 0.15) is 24.3 Å². The van der Waals surface area contributed by atoms with E-state index in [0.717, 1.165) is 0 Å². The Morgan fingerprint density at radius 2 is 2.13 bits per heavy atom. The van der Waals surface area contributed by atoms with Crippen LogP contribution in [0.3, 0.4) is 0 Å². The highest BCUT2D eigenvalue weighted by Crippen LogP contribution is 2.15. The predicted molar refractivity (Wildman–Crippen MR) is 87.8 cm³/mol. The summed E-state index contributed by atoms with van der Waals surface area (Å²) in [4.78, 5) is 35.6. The minimum atomic E-state index is -0.796. The van der Waals surface area contributed by atoms with E-state index in [4.69, 9.17) is 10.5 Å². The number of rotatable bonds is 4. The molecule has 1 amide bonds. The molecule has 9 heteroatoms. The van der Waals surface area contributed by atoms with Gasteiger partial charge in [-0.3, -0.25) is 14.7 Å². The fraction of sp³-hybridized carbons (Fsp3) is 0.286. The summed E-state index contributed by atoms with van der Waals surface area (Å²) in [6.07, 6.45) is 0. The van der Waals surface area contributed by atoms with Crippen LogP contribution in [-0.4, -0.2) is 34.7 Å². The normalized spacial score (nSPS) is 11.4. The van der Waals surface area contributed by atoms with Gasteiger partial charge in [-0.2, -0.15) is 5.10 Å². The first kappa shape index (κ1) is 18.6. The van der Waals surface area contributed by atoms with Crippen LogP contribution < -0.4 is 16.5 Å². The molecule has 1 aromatic heterocycles. The molecule has 124 valence electrons. The highest BCUT2D eigenvalue weighted by Gasteiger charge is 2.16. The van der Waals surface area contributed by atoms with Crippen LogP contribution in [0.25, 0.3) is 10.9 Å². The van der Waals surface area contributed by atoms with Gasteiger partial charge >= 0.3 is 5.97 Å². The van der Waals surface area contributed by atoms with E-state index >= 15 is 0 Å². The van der Waals surface area contributed by atoms with Gasteiger partial charge in [0.1, 0.15) is 0 Å². The van der Waals surface area contributed by atoms with Gasteiger partial charge in [-0.05, 0) is 32.0 Å². The second kappa shape index (κ2) is 7.70. The molecule has 1 atom stereocenters. The molecule has 2 aromatic rings. The van der Waals surface area contributed by atoms with Gasteiger partial charge in [-0.25, -0.2) is 4.79 Å². The molecule has 0 spiro atoms. The summed E-state index contributed by atoms with van der Waals surface area (Å²) >= 11 is 0. The summed E-state index contributed by atoms with van der Waals surface area (Å²) < 4.78 is 4.78. The molecule has 23 heavy (non-hydrogen) atoms. The van der Waals surface area contributed by atoms with Gasteiger partial charge < -0.3 is 15.8 Å². The smallest absolute Gasteiger partial charge is 0.362 e. The molecule has 0 unspecified atom stereocenters. The van der Waals surface area contributed by atoms with Crippen LogP contribution in [0.5, 0.6) is 0 Å². The average molecular weight is 341 g/mol. The number of amides is 1. The number of hydrogen-bond acceptors (Lipinski definition) is 6. The van der Waals surface area contributed by atoms with Crippen molar-refractivity contribution in [3.05, 3.63) is 34.1 Å². The van der Waals surface area contributed by atoms with E-state index in [0.29, 0.717) is 11.2 Å². The molecule has 0 saturated heterocycles. The lowest BCUT2D eigenvalue weighted by Crippen LogP contribution is -2.32. The van der Waals surface area contributed by atoms with E-state index in [1.54, 1.807) is 26.0 Å². The topological polar surface area (TPSA) is 127 Å². The second-order valence-corrected chi connectivity index (χ2v) is 4.66. The molecular weight excluding hydrogens is 324 g/mol. The fourth-order valence-corrected chi connectivity index (χ4v) is 1.80. The zero-order valence-corrected chi connectivity index (χ0v) is 13.4. The number of esters is 1. The van der Waals surface area contributed by atoms with Gasteiger partial charge in [0, 0.05) is 5.69 Å². The number of carbonyl (C=O) groups excluding carboxylic acids is 2. The largest absolute Gasteiger partial charge is 0.461 e. The molecule has 0 fully saturated rings. The van der Waals surface area contributed by atoms with Crippen molar-refractivity contribution in [2.45, 2.75) is 19.9 Å². The number of nitrogens with zero attached hydrogens (tertiary/aromatic N) is 1. The van der Waals surface area contributed by atoms with Crippen molar-refractivity contribution in [3.63, 3.8) is 0 Å². The molecule has 0 aliphatic carbocycles. The molecule has 2 rings (SSSR count). The Bertz CT molecular complexity index is 788. The number of carbonyl (C=O) groups is 2. The maximum Gasteiger partial charge on any atom is 0.362 e. The van der Waals surface area contributed by atoms with E-state index in [1.807, 2.05) is 0 Å². The number of hydrogen-bond donors (Lipinski definition) is 3. The van der Waals surface area contributed by atoms with Gasteiger partial charge in [-0.1, -0.05) is 0 Å².